The lowest BCUT2D eigenvalue weighted by molar-refractivity contribution is 0.473. The molecule has 1 atom stereocenters. The van der Waals surface area contributed by atoms with Gasteiger partial charge in [-0.15, -0.1) is 6.58 Å². The molecule has 0 radical (unpaired) electrons. The van der Waals surface area contributed by atoms with Gasteiger partial charge in [-0.05, 0) is 24.1 Å². The number of hydrogen-bond acceptors (Lipinski definition) is 2. The zero-order chi connectivity index (χ0) is 8.97. The highest BCUT2D eigenvalue weighted by atomic mass is 16.3. The van der Waals surface area contributed by atoms with Crippen molar-refractivity contribution >= 4 is 0 Å². The van der Waals surface area contributed by atoms with Gasteiger partial charge in [-0.2, -0.15) is 0 Å². The first-order chi connectivity index (χ1) is 5.74. The summed E-state index contributed by atoms with van der Waals surface area (Å²) in [7, 11) is 0. The van der Waals surface area contributed by atoms with Crippen molar-refractivity contribution in [3.8, 4) is 5.75 Å². The average Bonchev–Trinajstić information content (AvgIpc) is 2.05. The Hall–Kier alpha value is -1.28. The Balaban J connectivity index is 2.80. The summed E-state index contributed by atoms with van der Waals surface area (Å²) in [5, 5.41) is 9.15. The van der Waals surface area contributed by atoms with E-state index < -0.39 is 0 Å². The molecule has 0 saturated heterocycles. The van der Waals surface area contributed by atoms with E-state index in [1.54, 1.807) is 24.3 Å². The number of hydrogen-bond donors (Lipinski definition) is 2. The highest BCUT2D eigenvalue weighted by Crippen LogP contribution is 2.18. The molecule has 64 valence electrons. The minimum atomic E-state index is -0.0606. The van der Waals surface area contributed by atoms with Gasteiger partial charge in [0.05, 0.1) is 0 Å². The summed E-state index contributed by atoms with van der Waals surface area (Å²) >= 11 is 0. The van der Waals surface area contributed by atoms with Crippen LogP contribution < -0.4 is 5.73 Å². The SMILES string of the molecule is C=CC[C@@H](N)c1cccc(O)c1. The zero-order valence-corrected chi connectivity index (χ0v) is 6.90. The minimum Gasteiger partial charge on any atom is -0.508 e. The standard InChI is InChI=1S/C10H13NO/c1-2-4-10(11)8-5-3-6-9(12)7-8/h2-3,5-7,10,12H,1,4,11H2/t10-/m1/s1. The first-order valence-electron chi connectivity index (χ1n) is 3.89. The monoisotopic (exact) mass is 163 g/mol. The first-order valence-corrected chi connectivity index (χ1v) is 3.89. The van der Waals surface area contributed by atoms with E-state index in [1.165, 1.54) is 0 Å². The van der Waals surface area contributed by atoms with E-state index in [0.717, 1.165) is 12.0 Å². The zero-order valence-electron chi connectivity index (χ0n) is 6.90. The molecular formula is C10H13NO. The number of benzene rings is 1. The van der Waals surface area contributed by atoms with Crippen LogP contribution in [0.5, 0.6) is 5.75 Å². The molecule has 1 aromatic rings. The topological polar surface area (TPSA) is 46.2 Å². The summed E-state index contributed by atoms with van der Waals surface area (Å²) in [6, 6.07) is 6.93. The van der Waals surface area contributed by atoms with Crippen molar-refractivity contribution < 1.29 is 5.11 Å². The second-order valence-electron chi connectivity index (χ2n) is 2.73. The van der Waals surface area contributed by atoms with Gasteiger partial charge in [-0.1, -0.05) is 18.2 Å². The summed E-state index contributed by atoms with van der Waals surface area (Å²) in [6.45, 7) is 3.61. The van der Waals surface area contributed by atoms with E-state index in [2.05, 4.69) is 6.58 Å². The molecule has 0 bridgehead atoms. The summed E-state index contributed by atoms with van der Waals surface area (Å²) in [4.78, 5) is 0. The predicted molar refractivity (Wildman–Crippen MR) is 49.8 cm³/mol. The molecule has 0 aliphatic rings. The molecule has 0 heterocycles. The minimum absolute atomic E-state index is 0.0606. The summed E-state index contributed by atoms with van der Waals surface area (Å²) in [5.74, 6) is 0.256. The maximum absolute atomic E-state index is 9.15. The summed E-state index contributed by atoms with van der Waals surface area (Å²) < 4.78 is 0. The Labute approximate surface area is 72.3 Å². The fourth-order valence-corrected chi connectivity index (χ4v) is 1.07. The smallest absolute Gasteiger partial charge is 0.115 e. The van der Waals surface area contributed by atoms with Crippen LogP contribution in [0.1, 0.15) is 18.0 Å². The maximum Gasteiger partial charge on any atom is 0.115 e. The largest absolute Gasteiger partial charge is 0.508 e. The first kappa shape index (κ1) is 8.81. The molecule has 3 N–H and O–H groups in total. The molecule has 1 aromatic carbocycles. The van der Waals surface area contributed by atoms with Crippen LogP contribution in [-0.4, -0.2) is 5.11 Å². The number of aromatic hydroxyl groups is 1. The molecule has 12 heavy (non-hydrogen) atoms. The van der Waals surface area contributed by atoms with Crippen molar-refractivity contribution in [3.05, 3.63) is 42.5 Å². The lowest BCUT2D eigenvalue weighted by Gasteiger charge is -2.08. The Bertz CT molecular complexity index is 270. The molecule has 0 aliphatic carbocycles. The number of nitrogens with two attached hydrogens (primary N) is 1. The molecule has 1 rings (SSSR count). The van der Waals surface area contributed by atoms with Crippen molar-refractivity contribution in [2.24, 2.45) is 5.73 Å². The van der Waals surface area contributed by atoms with Gasteiger partial charge in [-0.3, -0.25) is 0 Å². The van der Waals surface area contributed by atoms with E-state index in [-0.39, 0.29) is 11.8 Å². The molecule has 2 nitrogen and oxygen atoms in total. The molecule has 0 fully saturated rings. The van der Waals surface area contributed by atoms with Gasteiger partial charge < -0.3 is 10.8 Å². The van der Waals surface area contributed by atoms with Crippen molar-refractivity contribution in [2.45, 2.75) is 12.5 Å². The van der Waals surface area contributed by atoms with Crippen molar-refractivity contribution in [1.29, 1.82) is 0 Å². The quantitative estimate of drug-likeness (QED) is 0.669. The van der Waals surface area contributed by atoms with E-state index in [1.807, 2.05) is 6.07 Å². The second kappa shape index (κ2) is 3.93. The third-order valence-electron chi connectivity index (χ3n) is 1.72. The molecule has 0 amide bonds. The molecule has 0 aromatic heterocycles. The van der Waals surface area contributed by atoms with Crippen molar-refractivity contribution in [1.82, 2.24) is 0 Å². The van der Waals surface area contributed by atoms with E-state index >= 15 is 0 Å². The van der Waals surface area contributed by atoms with Crippen LogP contribution in [0.4, 0.5) is 0 Å². The van der Waals surface area contributed by atoms with Gasteiger partial charge in [0, 0.05) is 6.04 Å². The third kappa shape index (κ3) is 2.10. The lowest BCUT2D eigenvalue weighted by Crippen LogP contribution is -2.08. The van der Waals surface area contributed by atoms with Crippen molar-refractivity contribution in [2.75, 3.05) is 0 Å². The van der Waals surface area contributed by atoms with Gasteiger partial charge in [-0.25, -0.2) is 0 Å². The fourth-order valence-electron chi connectivity index (χ4n) is 1.07. The van der Waals surface area contributed by atoms with Gasteiger partial charge in [0.2, 0.25) is 0 Å². The maximum atomic E-state index is 9.15. The normalized spacial score (nSPS) is 12.4. The molecule has 0 aliphatic heterocycles. The molecule has 0 unspecified atom stereocenters. The van der Waals surface area contributed by atoms with Crippen LogP contribution in [-0.2, 0) is 0 Å². The van der Waals surface area contributed by atoms with E-state index in [0.29, 0.717) is 0 Å². The molecule has 2 heteroatoms. The van der Waals surface area contributed by atoms with Crippen LogP contribution in [0.3, 0.4) is 0 Å². The van der Waals surface area contributed by atoms with Gasteiger partial charge in [0.1, 0.15) is 5.75 Å². The van der Waals surface area contributed by atoms with Crippen LogP contribution in [0.2, 0.25) is 0 Å². The van der Waals surface area contributed by atoms with Crippen LogP contribution in [0.25, 0.3) is 0 Å². The molecule has 0 spiro atoms. The average molecular weight is 163 g/mol. The van der Waals surface area contributed by atoms with Gasteiger partial charge in [0.25, 0.3) is 0 Å². The lowest BCUT2D eigenvalue weighted by atomic mass is 10.0. The van der Waals surface area contributed by atoms with E-state index in [9.17, 15) is 0 Å². The number of phenolic OH excluding ortho intramolecular Hbond substituents is 1. The number of rotatable bonds is 3. The Morgan fingerprint density at radius 3 is 2.92 bits per heavy atom. The van der Waals surface area contributed by atoms with Crippen LogP contribution in [0.15, 0.2) is 36.9 Å². The van der Waals surface area contributed by atoms with Crippen molar-refractivity contribution in [3.63, 3.8) is 0 Å². The highest BCUT2D eigenvalue weighted by Gasteiger charge is 2.03. The Morgan fingerprint density at radius 1 is 1.58 bits per heavy atom. The summed E-state index contributed by atoms with van der Waals surface area (Å²) in [6.07, 6.45) is 2.50. The number of phenols is 1. The highest BCUT2D eigenvalue weighted by molar-refractivity contribution is 5.29. The van der Waals surface area contributed by atoms with Crippen LogP contribution in [0, 0.1) is 0 Å². The van der Waals surface area contributed by atoms with Gasteiger partial charge in [0.15, 0.2) is 0 Å². The molecular weight excluding hydrogens is 150 g/mol. The third-order valence-corrected chi connectivity index (χ3v) is 1.72. The van der Waals surface area contributed by atoms with Gasteiger partial charge >= 0.3 is 0 Å². The van der Waals surface area contributed by atoms with E-state index in [4.69, 9.17) is 10.8 Å². The molecule has 0 saturated carbocycles. The summed E-state index contributed by atoms with van der Waals surface area (Å²) in [5.41, 5.74) is 6.73. The Kier molecular flexibility index (Phi) is 2.88. The predicted octanol–water partition coefficient (Wildman–Crippen LogP) is 1.97. The van der Waals surface area contributed by atoms with Crippen LogP contribution >= 0.6 is 0 Å². The Morgan fingerprint density at radius 2 is 2.33 bits per heavy atom. The second-order valence-corrected chi connectivity index (χ2v) is 2.73. The fraction of sp³-hybridized carbons (Fsp3) is 0.200.